The Morgan fingerprint density at radius 1 is 1.28 bits per heavy atom. The third kappa shape index (κ3) is 3.45. The highest BCUT2D eigenvalue weighted by Gasteiger charge is 2.32. The number of rotatable bonds is 4. The molecule has 0 bridgehead atoms. The maximum atomic E-state index is 12.1. The Morgan fingerprint density at radius 2 is 2.00 bits per heavy atom. The van der Waals surface area contributed by atoms with Crippen LogP contribution in [-0.4, -0.2) is 43.0 Å². The van der Waals surface area contributed by atoms with Gasteiger partial charge in [-0.25, -0.2) is 0 Å². The predicted molar refractivity (Wildman–Crippen MR) is 73.2 cm³/mol. The Labute approximate surface area is 110 Å². The van der Waals surface area contributed by atoms with E-state index in [0.717, 1.165) is 25.9 Å². The smallest absolute Gasteiger partial charge is 0.224 e. The van der Waals surface area contributed by atoms with E-state index in [1.54, 1.807) is 0 Å². The molecule has 104 valence electrons. The van der Waals surface area contributed by atoms with Crippen LogP contribution in [0.1, 0.15) is 39.0 Å². The molecule has 1 aliphatic heterocycles. The lowest BCUT2D eigenvalue weighted by atomic mass is 9.78. The van der Waals surface area contributed by atoms with Gasteiger partial charge in [0.15, 0.2) is 0 Å². The Balaban J connectivity index is 1.70. The number of hydrogen-bond acceptors (Lipinski definition) is 3. The third-order valence-electron chi connectivity index (χ3n) is 4.56. The van der Waals surface area contributed by atoms with Gasteiger partial charge in [-0.05, 0) is 44.7 Å². The van der Waals surface area contributed by atoms with Crippen LogP contribution in [0.15, 0.2) is 0 Å². The largest absolute Gasteiger partial charge is 0.355 e. The first-order chi connectivity index (χ1) is 8.68. The Morgan fingerprint density at radius 3 is 2.72 bits per heavy atom. The average Bonchev–Trinajstić information content (AvgIpc) is 2.85. The van der Waals surface area contributed by atoms with Gasteiger partial charge in [-0.3, -0.25) is 4.79 Å². The van der Waals surface area contributed by atoms with E-state index in [1.807, 2.05) is 0 Å². The van der Waals surface area contributed by atoms with E-state index in [2.05, 4.69) is 17.1 Å². The molecule has 3 unspecified atom stereocenters. The second-order valence-electron chi connectivity index (χ2n) is 5.93. The van der Waals surface area contributed by atoms with Crippen LogP contribution in [0.4, 0.5) is 0 Å². The van der Waals surface area contributed by atoms with Crippen molar-refractivity contribution in [3.05, 3.63) is 0 Å². The fourth-order valence-corrected chi connectivity index (χ4v) is 3.22. The van der Waals surface area contributed by atoms with Crippen LogP contribution in [0.3, 0.4) is 0 Å². The molecule has 4 heteroatoms. The van der Waals surface area contributed by atoms with Crippen molar-refractivity contribution in [2.45, 2.75) is 45.1 Å². The summed E-state index contributed by atoms with van der Waals surface area (Å²) < 4.78 is 0. The Bertz CT molecular complexity index is 276. The maximum absolute atomic E-state index is 12.1. The highest BCUT2D eigenvalue weighted by Crippen LogP contribution is 2.27. The third-order valence-corrected chi connectivity index (χ3v) is 4.56. The summed E-state index contributed by atoms with van der Waals surface area (Å²) in [6.45, 7) is 6.31. The second kappa shape index (κ2) is 6.53. The fraction of sp³-hybridized carbons (Fsp3) is 0.929. The van der Waals surface area contributed by atoms with Gasteiger partial charge in [0.05, 0.1) is 5.92 Å². The summed E-state index contributed by atoms with van der Waals surface area (Å²) in [5.74, 6) is 0.689. The van der Waals surface area contributed by atoms with Crippen molar-refractivity contribution in [3.8, 4) is 0 Å². The van der Waals surface area contributed by atoms with Crippen LogP contribution in [0.5, 0.6) is 0 Å². The van der Waals surface area contributed by atoms with Crippen molar-refractivity contribution in [2.24, 2.45) is 17.6 Å². The van der Waals surface area contributed by atoms with E-state index >= 15 is 0 Å². The SMILES string of the molecule is CC1CCCC(C(=O)NCCN2CCCC2)C1N. The van der Waals surface area contributed by atoms with Gasteiger partial charge in [-0.1, -0.05) is 13.3 Å². The van der Waals surface area contributed by atoms with Crippen LogP contribution >= 0.6 is 0 Å². The first-order valence-electron chi connectivity index (χ1n) is 7.44. The quantitative estimate of drug-likeness (QED) is 0.784. The molecule has 0 aromatic carbocycles. The number of hydrogen-bond donors (Lipinski definition) is 2. The molecule has 0 spiro atoms. The normalized spacial score (nSPS) is 33.6. The van der Waals surface area contributed by atoms with Crippen molar-refractivity contribution in [1.29, 1.82) is 0 Å². The molecule has 2 rings (SSSR count). The molecule has 1 saturated carbocycles. The zero-order valence-corrected chi connectivity index (χ0v) is 11.5. The van der Waals surface area contributed by atoms with Crippen LogP contribution in [-0.2, 0) is 4.79 Å². The first-order valence-corrected chi connectivity index (χ1v) is 7.44. The van der Waals surface area contributed by atoms with Gasteiger partial charge >= 0.3 is 0 Å². The summed E-state index contributed by atoms with van der Waals surface area (Å²) in [6, 6.07) is 0.0468. The molecular formula is C14H27N3O. The van der Waals surface area contributed by atoms with E-state index in [0.29, 0.717) is 5.92 Å². The lowest BCUT2D eigenvalue weighted by Crippen LogP contribution is -2.48. The molecule has 3 N–H and O–H groups in total. The standard InChI is InChI=1S/C14H27N3O/c1-11-5-4-6-12(13(11)15)14(18)16-7-10-17-8-2-3-9-17/h11-13H,2-10,15H2,1H3,(H,16,18). The van der Waals surface area contributed by atoms with Crippen molar-refractivity contribution >= 4 is 5.91 Å². The second-order valence-corrected chi connectivity index (χ2v) is 5.93. The molecule has 0 aromatic heterocycles. The van der Waals surface area contributed by atoms with Crippen molar-refractivity contribution in [2.75, 3.05) is 26.2 Å². The average molecular weight is 253 g/mol. The summed E-state index contributed by atoms with van der Waals surface area (Å²) in [4.78, 5) is 14.5. The Kier molecular flexibility index (Phi) is 5.01. The molecule has 1 heterocycles. The van der Waals surface area contributed by atoms with Gasteiger partial charge in [0.1, 0.15) is 0 Å². The molecule has 2 fully saturated rings. The van der Waals surface area contributed by atoms with Gasteiger partial charge in [-0.2, -0.15) is 0 Å². The van der Waals surface area contributed by atoms with Crippen molar-refractivity contribution < 1.29 is 4.79 Å². The fourth-order valence-electron chi connectivity index (χ4n) is 3.22. The van der Waals surface area contributed by atoms with Crippen molar-refractivity contribution in [3.63, 3.8) is 0 Å². The van der Waals surface area contributed by atoms with Gasteiger partial charge in [0.25, 0.3) is 0 Å². The molecule has 2 aliphatic rings. The maximum Gasteiger partial charge on any atom is 0.224 e. The number of nitrogens with one attached hydrogen (secondary N) is 1. The van der Waals surface area contributed by atoms with Crippen LogP contribution in [0, 0.1) is 11.8 Å². The Hall–Kier alpha value is -0.610. The summed E-state index contributed by atoms with van der Waals surface area (Å²) in [5, 5.41) is 3.07. The van der Waals surface area contributed by atoms with E-state index < -0.39 is 0 Å². The number of carbonyl (C=O) groups excluding carboxylic acids is 1. The summed E-state index contributed by atoms with van der Waals surface area (Å²) in [6.07, 6.45) is 5.87. The zero-order chi connectivity index (χ0) is 13.0. The molecule has 1 saturated heterocycles. The lowest BCUT2D eigenvalue weighted by molar-refractivity contribution is -0.127. The zero-order valence-electron chi connectivity index (χ0n) is 11.5. The van der Waals surface area contributed by atoms with Gasteiger partial charge < -0.3 is 16.0 Å². The number of nitrogens with two attached hydrogens (primary N) is 1. The highest BCUT2D eigenvalue weighted by atomic mass is 16.1. The summed E-state index contributed by atoms with van der Waals surface area (Å²) >= 11 is 0. The molecule has 1 aliphatic carbocycles. The van der Waals surface area contributed by atoms with E-state index in [4.69, 9.17) is 5.73 Å². The monoisotopic (exact) mass is 253 g/mol. The predicted octanol–water partition coefficient (Wildman–Crippen LogP) is 0.962. The number of amides is 1. The molecule has 4 nitrogen and oxygen atoms in total. The van der Waals surface area contributed by atoms with Crippen LogP contribution in [0.25, 0.3) is 0 Å². The van der Waals surface area contributed by atoms with Crippen molar-refractivity contribution in [1.82, 2.24) is 10.2 Å². The number of likely N-dealkylation sites (tertiary alicyclic amines) is 1. The van der Waals surface area contributed by atoms with E-state index in [-0.39, 0.29) is 17.9 Å². The molecule has 18 heavy (non-hydrogen) atoms. The topological polar surface area (TPSA) is 58.4 Å². The van der Waals surface area contributed by atoms with Gasteiger partial charge in [0.2, 0.25) is 5.91 Å². The highest BCUT2D eigenvalue weighted by molar-refractivity contribution is 5.79. The molecule has 3 atom stereocenters. The lowest BCUT2D eigenvalue weighted by Gasteiger charge is -2.33. The first kappa shape index (κ1) is 13.8. The summed E-state index contributed by atoms with van der Waals surface area (Å²) in [5.41, 5.74) is 6.15. The molecule has 0 aromatic rings. The molecule has 0 radical (unpaired) electrons. The number of carbonyl (C=O) groups is 1. The summed E-state index contributed by atoms with van der Waals surface area (Å²) in [7, 11) is 0. The van der Waals surface area contributed by atoms with Crippen LogP contribution in [0.2, 0.25) is 0 Å². The minimum Gasteiger partial charge on any atom is -0.355 e. The van der Waals surface area contributed by atoms with Crippen LogP contribution < -0.4 is 11.1 Å². The molecular weight excluding hydrogens is 226 g/mol. The molecule has 1 amide bonds. The minimum atomic E-state index is 0.0346. The van der Waals surface area contributed by atoms with Gasteiger partial charge in [0, 0.05) is 19.1 Å². The van der Waals surface area contributed by atoms with E-state index in [1.165, 1.54) is 32.4 Å². The van der Waals surface area contributed by atoms with E-state index in [9.17, 15) is 4.79 Å². The minimum absolute atomic E-state index is 0.0346. The number of nitrogens with zero attached hydrogens (tertiary/aromatic N) is 1. The van der Waals surface area contributed by atoms with Gasteiger partial charge in [-0.15, -0.1) is 0 Å².